The van der Waals surface area contributed by atoms with E-state index >= 15 is 0 Å². The number of unbranched alkanes of at least 4 members (excludes halogenated alkanes) is 1. The first kappa shape index (κ1) is 15.0. The summed E-state index contributed by atoms with van der Waals surface area (Å²) >= 11 is 9.60. The van der Waals surface area contributed by atoms with Crippen molar-refractivity contribution in [3.63, 3.8) is 0 Å². The van der Waals surface area contributed by atoms with Crippen molar-refractivity contribution < 1.29 is 4.74 Å². The number of benzene rings is 1. The molecule has 0 fully saturated rings. The van der Waals surface area contributed by atoms with Gasteiger partial charge in [0.25, 0.3) is 0 Å². The Morgan fingerprint density at radius 2 is 2.18 bits per heavy atom. The molecule has 0 aliphatic heterocycles. The van der Waals surface area contributed by atoms with Crippen molar-refractivity contribution in [1.29, 1.82) is 0 Å². The molecule has 1 atom stereocenters. The summed E-state index contributed by atoms with van der Waals surface area (Å²) in [6, 6.07) is 6.28. The quantitative estimate of drug-likeness (QED) is 0.761. The van der Waals surface area contributed by atoms with E-state index in [0.29, 0.717) is 0 Å². The molecule has 1 unspecified atom stereocenters. The van der Waals surface area contributed by atoms with E-state index in [1.807, 2.05) is 12.1 Å². The standard InChI is InChI=1S/C13H19BrClNO/c1-10(16-7-3-4-8-17-2)12-6-5-11(14)9-13(12)15/h5-6,9-10,16H,3-4,7-8H2,1-2H3. The van der Waals surface area contributed by atoms with Gasteiger partial charge in [0.2, 0.25) is 0 Å². The van der Waals surface area contributed by atoms with Gasteiger partial charge in [-0.3, -0.25) is 0 Å². The third kappa shape index (κ3) is 5.38. The van der Waals surface area contributed by atoms with Crippen molar-refractivity contribution in [2.75, 3.05) is 20.3 Å². The SMILES string of the molecule is COCCCCNC(C)c1ccc(Br)cc1Cl. The van der Waals surface area contributed by atoms with Crippen molar-refractivity contribution >= 4 is 27.5 Å². The van der Waals surface area contributed by atoms with E-state index in [-0.39, 0.29) is 6.04 Å². The number of hydrogen-bond donors (Lipinski definition) is 1. The van der Waals surface area contributed by atoms with Crippen LogP contribution >= 0.6 is 27.5 Å². The highest BCUT2D eigenvalue weighted by atomic mass is 79.9. The second-order valence-corrected chi connectivity index (χ2v) is 5.36. The summed E-state index contributed by atoms with van der Waals surface area (Å²) < 4.78 is 6.02. The smallest absolute Gasteiger partial charge is 0.0464 e. The molecule has 0 saturated carbocycles. The van der Waals surface area contributed by atoms with E-state index in [4.69, 9.17) is 16.3 Å². The Kier molecular flexibility index (Phi) is 7.12. The maximum Gasteiger partial charge on any atom is 0.0464 e. The van der Waals surface area contributed by atoms with Crippen LogP contribution in [0.4, 0.5) is 0 Å². The second kappa shape index (κ2) is 8.09. The minimum atomic E-state index is 0.276. The monoisotopic (exact) mass is 319 g/mol. The van der Waals surface area contributed by atoms with Crippen molar-refractivity contribution in [3.8, 4) is 0 Å². The van der Waals surface area contributed by atoms with Gasteiger partial charge in [-0.1, -0.05) is 33.6 Å². The van der Waals surface area contributed by atoms with Gasteiger partial charge in [0, 0.05) is 29.3 Å². The van der Waals surface area contributed by atoms with Crippen LogP contribution in [0.2, 0.25) is 5.02 Å². The first-order valence-corrected chi connectivity index (χ1v) is 6.99. The van der Waals surface area contributed by atoms with Crippen LogP contribution in [0.25, 0.3) is 0 Å². The lowest BCUT2D eigenvalue weighted by Gasteiger charge is -2.15. The number of halogens is 2. The summed E-state index contributed by atoms with van der Waals surface area (Å²) in [7, 11) is 1.73. The number of ether oxygens (including phenoxy) is 1. The van der Waals surface area contributed by atoms with E-state index in [9.17, 15) is 0 Å². The van der Waals surface area contributed by atoms with Gasteiger partial charge in [0.1, 0.15) is 0 Å². The molecular formula is C13H19BrClNO. The van der Waals surface area contributed by atoms with E-state index in [2.05, 4.69) is 34.2 Å². The van der Waals surface area contributed by atoms with E-state index in [1.54, 1.807) is 7.11 Å². The molecule has 0 amide bonds. The van der Waals surface area contributed by atoms with Crippen LogP contribution in [0.3, 0.4) is 0 Å². The Bertz CT molecular complexity index is 346. The molecule has 0 bridgehead atoms. The topological polar surface area (TPSA) is 21.3 Å². The minimum Gasteiger partial charge on any atom is -0.385 e. The van der Waals surface area contributed by atoms with Gasteiger partial charge in [-0.05, 0) is 44.0 Å². The predicted octanol–water partition coefficient (Wildman–Crippen LogP) is 4.18. The molecule has 1 N–H and O–H groups in total. The zero-order chi connectivity index (χ0) is 12.7. The Labute approximate surface area is 117 Å². The Hall–Kier alpha value is -0.0900. The Morgan fingerprint density at radius 1 is 1.41 bits per heavy atom. The van der Waals surface area contributed by atoms with Gasteiger partial charge in [0.15, 0.2) is 0 Å². The average Bonchev–Trinajstić information content (AvgIpc) is 2.28. The van der Waals surface area contributed by atoms with Gasteiger partial charge in [-0.2, -0.15) is 0 Å². The van der Waals surface area contributed by atoms with E-state index < -0.39 is 0 Å². The molecule has 0 spiro atoms. The minimum absolute atomic E-state index is 0.276. The first-order chi connectivity index (χ1) is 8.15. The van der Waals surface area contributed by atoms with Crippen LogP contribution in [0, 0.1) is 0 Å². The number of hydrogen-bond acceptors (Lipinski definition) is 2. The third-order valence-corrected chi connectivity index (χ3v) is 3.48. The highest BCUT2D eigenvalue weighted by Gasteiger charge is 2.08. The highest BCUT2D eigenvalue weighted by molar-refractivity contribution is 9.10. The van der Waals surface area contributed by atoms with Crippen molar-refractivity contribution in [3.05, 3.63) is 33.3 Å². The molecule has 1 aromatic rings. The molecule has 0 aliphatic carbocycles. The molecule has 0 radical (unpaired) electrons. The average molecular weight is 321 g/mol. The number of rotatable bonds is 7. The fraction of sp³-hybridized carbons (Fsp3) is 0.538. The maximum atomic E-state index is 6.20. The highest BCUT2D eigenvalue weighted by Crippen LogP contribution is 2.26. The largest absolute Gasteiger partial charge is 0.385 e. The predicted molar refractivity (Wildman–Crippen MR) is 76.7 cm³/mol. The second-order valence-electron chi connectivity index (χ2n) is 4.04. The van der Waals surface area contributed by atoms with Crippen LogP contribution in [0.5, 0.6) is 0 Å². The zero-order valence-electron chi connectivity index (χ0n) is 10.3. The summed E-state index contributed by atoms with van der Waals surface area (Å²) in [5.41, 5.74) is 1.14. The molecule has 0 aliphatic rings. The summed E-state index contributed by atoms with van der Waals surface area (Å²) in [5, 5.41) is 4.26. The summed E-state index contributed by atoms with van der Waals surface area (Å²) in [4.78, 5) is 0. The Balaban J connectivity index is 2.38. The molecule has 0 heterocycles. The lowest BCUT2D eigenvalue weighted by Crippen LogP contribution is -2.20. The fourth-order valence-corrected chi connectivity index (χ4v) is 2.49. The van der Waals surface area contributed by atoms with Crippen LogP contribution in [0.1, 0.15) is 31.4 Å². The molecule has 1 aromatic carbocycles. The molecular weight excluding hydrogens is 302 g/mol. The molecule has 96 valence electrons. The normalized spacial score (nSPS) is 12.7. The van der Waals surface area contributed by atoms with E-state index in [1.165, 1.54) is 0 Å². The zero-order valence-corrected chi connectivity index (χ0v) is 12.6. The molecule has 4 heteroatoms. The maximum absolute atomic E-state index is 6.20. The lowest BCUT2D eigenvalue weighted by atomic mass is 10.1. The number of methoxy groups -OCH3 is 1. The van der Waals surface area contributed by atoms with Crippen LogP contribution in [-0.2, 0) is 4.74 Å². The lowest BCUT2D eigenvalue weighted by molar-refractivity contribution is 0.192. The molecule has 17 heavy (non-hydrogen) atoms. The fourth-order valence-electron chi connectivity index (χ4n) is 1.65. The van der Waals surface area contributed by atoms with Gasteiger partial charge in [0.05, 0.1) is 0 Å². The summed E-state index contributed by atoms with van der Waals surface area (Å²) in [5.74, 6) is 0. The van der Waals surface area contributed by atoms with E-state index in [0.717, 1.165) is 41.1 Å². The number of nitrogens with one attached hydrogen (secondary N) is 1. The summed E-state index contributed by atoms with van der Waals surface area (Å²) in [6.45, 7) is 3.94. The van der Waals surface area contributed by atoms with Crippen molar-refractivity contribution in [2.24, 2.45) is 0 Å². The van der Waals surface area contributed by atoms with Crippen molar-refractivity contribution in [1.82, 2.24) is 5.32 Å². The third-order valence-electron chi connectivity index (χ3n) is 2.65. The first-order valence-electron chi connectivity index (χ1n) is 5.82. The summed E-state index contributed by atoms with van der Waals surface area (Å²) in [6.07, 6.45) is 2.20. The van der Waals surface area contributed by atoms with Gasteiger partial charge < -0.3 is 10.1 Å². The van der Waals surface area contributed by atoms with Crippen LogP contribution < -0.4 is 5.32 Å². The van der Waals surface area contributed by atoms with Gasteiger partial charge in [-0.15, -0.1) is 0 Å². The van der Waals surface area contributed by atoms with Crippen LogP contribution in [-0.4, -0.2) is 20.3 Å². The van der Waals surface area contributed by atoms with Crippen LogP contribution in [0.15, 0.2) is 22.7 Å². The molecule has 0 aromatic heterocycles. The Morgan fingerprint density at radius 3 is 2.82 bits per heavy atom. The molecule has 2 nitrogen and oxygen atoms in total. The molecule has 0 saturated heterocycles. The molecule has 1 rings (SSSR count). The van der Waals surface area contributed by atoms with Gasteiger partial charge >= 0.3 is 0 Å². The van der Waals surface area contributed by atoms with Crippen molar-refractivity contribution in [2.45, 2.75) is 25.8 Å². The van der Waals surface area contributed by atoms with Gasteiger partial charge in [-0.25, -0.2) is 0 Å².